The number of hydrogen-bond acceptors (Lipinski definition) is 3. The fourth-order valence-corrected chi connectivity index (χ4v) is 3.10. The van der Waals surface area contributed by atoms with Crippen molar-refractivity contribution in [3.05, 3.63) is 71.9 Å². The number of pyridine rings is 1. The van der Waals surface area contributed by atoms with Crippen LogP contribution in [0.25, 0.3) is 10.9 Å². The Morgan fingerprint density at radius 1 is 0.931 bits per heavy atom. The third-order valence-corrected chi connectivity index (χ3v) is 4.81. The Hall–Kier alpha value is -3.01. The molecule has 1 heterocycles. The minimum Gasteiger partial charge on any atom is -0.260 e. The van der Waals surface area contributed by atoms with Gasteiger partial charge >= 0.3 is 0 Å². The number of nitrogens with zero attached hydrogens (tertiary/aromatic N) is 3. The van der Waals surface area contributed by atoms with Gasteiger partial charge in [-0.25, -0.2) is 9.98 Å². The van der Waals surface area contributed by atoms with E-state index in [1.54, 1.807) is 0 Å². The monoisotopic (exact) mass is 386 g/mol. The van der Waals surface area contributed by atoms with Gasteiger partial charge in [-0.3, -0.25) is 5.43 Å². The molecule has 4 heteroatoms. The predicted octanol–water partition coefficient (Wildman–Crippen LogP) is 6.56. The third-order valence-electron chi connectivity index (χ3n) is 4.81. The van der Waals surface area contributed by atoms with Gasteiger partial charge in [0.05, 0.1) is 11.2 Å². The van der Waals surface area contributed by atoms with Crippen molar-refractivity contribution in [2.24, 2.45) is 10.1 Å². The summed E-state index contributed by atoms with van der Waals surface area (Å²) in [4.78, 5) is 9.54. The molecule has 1 aromatic heterocycles. The molecule has 0 bridgehead atoms. The second kappa shape index (κ2) is 11.1. The topological polar surface area (TPSA) is 49.6 Å². The molecule has 1 N–H and O–H groups in total. The smallest absolute Gasteiger partial charge is 0.172 e. The van der Waals surface area contributed by atoms with Gasteiger partial charge in [-0.1, -0.05) is 74.6 Å². The molecular formula is C25H30N4. The summed E-state index contributed by atoms with van der Waals surface area (Å²) in [6.45, 7) is 4.31. The molecule has 0 amide bonds. The van der Waals surface area contributed by atoms with Crippen LogP contribution in [-0.4, -0.2) is 17.0 Å². The molecule has 0 unspecified atom stereocenters. The molecular weight excluding hydrogens is 356 g/mol. The van der Waals surface area contributed by atoms with Gasteiger partial charge < -0.3 is 0 Å². The summed E-state index contributed by atoms with van der Waals surface area (Å²) in [5, 5.41) is 5.53. The van der Waals surface area contributed by atoms with Crippen molar-refractivity contribution in [2.75, 3.05) is 0 Å². The molecule has 0 aliphatic carbocycles. The van der Waals surface area contributed by atoms with E-state index in [2.05, 4.69) is 48.6 Å². The molecule has 0 saturated carbocycles. The molecule has 0 aliphatic rings. The lowest BCUT2D eigenvalue weighted by Gasteiger charge is -2.07. The Morgan fingerprint density at radius 2 is 1.72 bits per heavy atom. The first kappa shape index (κ1) is 20.7. The van der Waals surface area contributed by atoms with E-state index in [1.807, 2.05) is 42.6 Å². The molecule has 0 atom stereocenters. The van der Waals surface area contributed by atoms with E-state index >= 15 is 0 Å². The van der Waals surface area contributed by atoms with Crippen LogP contribution < -0.4 is 5.43 Å². The van der Waals surface area contributed by atoms with Gasteiger partial charge in [0.25, 0.3) is 0 Å². The lowest BCUT2D eigenvalue weighted by molar-refractivity contribution is 0.644. The summed E-state index contributed by atoms with van der Waals surface area (Å²) in [6.07, 6.45) is 9.24. The number of aliphatic imine (C=N–C) groups is 1. The number of unbranched alkanes of at least 4 members (excludes halogenated alkanes) is 5. The first-order chi connectivity index (χ1) is 14.3. The van der Waals surface area contributed by atoms with Crippen LogP contribution in [0.15, 0.2) is 70.8 Å². The number of nitrogens with one attached hydrogen (secondary N) is 1. The minimum absolute atomic E-state index is 0.654. The molecule has 0 radical (unpaired) electrons. The van der Waals surface area contributed by atoms with Gasteiger partial charge in [0.2, 0.25) is 0 Å². The lowest BCUT2D eigenvalue weighted by atomic mass is 10.1. The van der Waals surface area contributed by atoms with Crippen LogP contribution in [-0.2, 0) is 0 Å². The molecule has 0 fully saturated rings. The Bertz CT molecular complexity index is 958. The first-order valence-electron chi connectivity index (χ1n) is 10.6. The van der Waals surface area contributed by atoms with E-state index in [9.17, 15) is 0 Å². The van der Waals surface area contributed by atoms with E-state index in [-0.39, 0.29) is 0 Å². The van der Waals surface area contributed by atoms with Crippen LogP contribution in [0.2, 0.25) is 0 Å². The number of amidine groups is 1. The van der Waals surface area contributed by atoms with Crippen LogP contribution >= 0.6 is 0 Å². The summed E-state index contributed by atoms with van der Waals surface area (Å²) in [6, 6.07) is 20.3. The summed E-state index contributed by atoms with van der Waals surface area (Å²) in [5.41, 5.74) is 6.94. The molecule has 0 spiro atoms. The number of aromatic nitrogens is 1. The normalized spacial score (nSPS) is 12.0. The van der Waals surface area contributed by atoms with E-state index < -0.39 is 0 Å². The van der Waals surface area contributed by atoms with Crippen molar-refractivity contribution >= 4 is 28.6 Å². The number of hydrogen-bond donors (Lipinski definition) is 1. The van der Waals surface area contributed by atoms with Crippen molar-refractivity contribution in [1.29, 1.82) is 0 Å². The van der Waals surface area contributed by atoms with Gasteiger partial charge in [0.1, 0.15) is 5.69 Å². The number of hydrazone groups is 1. The molecule has 4 nitrogen and oxygen atoms in total. The third kappa shape index (κ3) is 6.53. The Kier molecular flexibility index (Phi) is 7.93. The van der Waals surface area contributed by atoms with Gasteiger partial charge in [-0.15, -0.1) is 0 Å². The molecule has 3 aromatic rings. The molecule has 150 valence electrons. The Labute approximate surface area is 173 Å². The van der Waals surface area contributed by atoms with Crippen LogP contribution in [0, 0.1) is 6.92 Å². The average molecular weight is 387 g/mol. The highest BCUT2D eigenvalue weighted by Crippen LogP contribution is 2.16. The van der Waals surface area contributed by atoms with E-state index in [0.717, 1.165) is 28.7 Å². The standard InChI is InChI=1S/C25H30N4/c1-3-4-5-6-7-10-19-26-29-25(27-22-16-13-20(2)14-17-22)24-18-15-21-11-8-9-12-23(21)28-24/h8-9,11-19H,3-7,10H2,1-2H3,(H,27,29)/b26-19+. The summed E-state index contributed by atoms with van der Waals surface area (Å²) in [7, 11) is 0. The second-order valence-corrected chi connectivity index (χ2v) is 7.31. The number of aryl methyl sites for hydroxylation is 1. The highest BCUT2D eigenvalue weighted by Gasteiger charge is 2.06. The zero-order chi connectivity index (χ0) is 20.3. The average Bonchev–Trinajstić information content (AvgIpc) is 2.76. The Morgan fingerprint density at radius 3 is 2.55 bits per heavy atom. The minimum atomic E-state index is 0.654. The number of para-hydroxylation sites is 1. The SMILES string of the molecule is CCCCCCC/C=N/NC(=Nc1ccc(C)cc1)c1ccc2ccccc2n1. The summed E-state index contributed by atoms with van der Waals surface area (Å²) in [5.74, 6) is 0.654. The van der Waals surface area contributed by atoms with Gasteiger partial charge in [-0.2, -0.15) is 5.10 Å². The second-order valence-electron chi connectivity index (χ2n) is 7.31. The highest BCUT2D eigenvalue weighted by atomic mass is 15.3. The highest BCUT2D eigenvalue weighted by molar-refractivity contribution is 6.00. The number of benzene rings is 2. The zero-order valence-electron chi connectivity index (χ0n) is 17.4. The molecule has 2 aromatic carbocycles. The van der Waals surface area contributed by atoms with E-state index in [1.165, 1.54) is 37.7 Å². The van der Waals surface area contributed by atoms with Crippen LogP contribution in [0.5, 0.6) is 0 Å². The summed E-state index contributed by atoms with van der Waals surface area (Å²) >= 11 is 0. The fourth-order valence-electron chi connectivity index (χ4n) is 3.10. The van der Waals surface area contributed by atoms with E-state index in [4.69, 9.17) is 9.98 Å². The number of rotatable bonds is 9. The van der Waals surface area contributed by atoms with E-state index in [0.29, 0.717) is 5.84 Å². The van der Waals surface area contributed by atoms with Crippen LogP contribution in [0.1, 0.15) is 56.7 Å². The maximum Gasteiger partial charge on any atom is 0.172 e. The van der Waals surface area contributed by atoms with Crippen molar-refractivity contribution < 1.29 is 0 Å². The molecule has 0 aliphatic heterocycles. The molecule has 29 heavy (non-hydrogen) atoms. The van der Waals surface area contributed by atoms with Gasteiger partial charge in [0.15, 0.2) is 5.84 Å². The maximum absolute atomic E-state index is 4.77. The number of fused-ring (bicyclic) bond motifs is 1. The molecule has 0 saturated heterocycles. The summed E-state index contributed by atoms with van der Waals surface area (Å²) < 4.78 is 0. The zero-order valence-corrected chi connectivity index (χ0v) is 17.4. The first-order valence-corrected chi connectivity index (χ1v) is 10.6. The van der Waals surface area contributed by atoms with Crippen LogP contribution in [0.3, 0.4) is 0 Å². The Balaban J connectivity index is 1.75. The van der Waals surface area contributed by atoms with Crippen molar-refractivity contribution in [2.45, 2.75) is 52.4 Å². The molecule has 3 rings (SSSR count). The lowest BCUT2D eigenvalue weighted by Crippen LogP contribution is -2.20. The van der Waals surface area contributed by atoms with Crippen molar-refractivity contribution in [3.63, 3.8) is 0 Å². The van der Waals surface area contributed by atoms with Crippen molar-refractivity contribution in [3.8, 4) is 0 Å². The fraction of sp³-hybridized carbons (Fsp3) is 0.320. The maximum atomic E-state index is 4.77. The van der Waals surface area contributed by atoms with Crippen LogP contribution in [0.4, 0.5) is 5.69 Å². The van der Waals surface area contributed by atoms with Gasteiger partial charge in [0, 0.05) is 11.6 Å². The predicted molar refractivity (Wildman–Crippen MR) is 124 cm³/mol. The van der Waals surface area contributed by atoms with Crippen molar-refractivity contribution in [1.82, 2.24) is 10.4 Å². The van der Waals surface area contributed by atoms with Gasteiger partial charge in [-0.05, 0) is 44.0 Å². The largest absolute Gasteiger partial charge is 0.260 e. The quantitative estimate of drug-likeness (QED) is 0.196.